The van der Waals surface area contributed by atoms with Gasteiger partial charge in [-0.15, -0.1) is 0 Å². The highest BCUT2D eigenvalue weighted by molar-refractivity contribution is 5.74. The van der Waals surface area contributed by atoms with Crippen molar-refractivity contribution < 1.29 is 19.4 Å². The molecular formula is C15H22N2O4. The number of aliphatic carboxylic acids is 1. The van der Waals surface area contributed by atoms with Gasteiger partial charge in [0.25, 0.3) is 0 Å². The molecule has 0 bridgehead atoms. The molecule has 0 atom stereocenters. The first kappa shape index (κ1) is 17.0. The zero-order chi connectivity index (χ0) is 15.7. The summed E-state index contributed by atoms with van der Waals surface area (Å²) in [6.45, 7) is 5.04. The quantitative estimate of drug-likeness (QED) is 0.635. The van der Waals surface area contributed by atoms with E-state index in [1.807, 2.05) is 19.9 Å². The van der Waals surface area contributed by atoms with Gasteiger partial charge in [-0.1, -0.05) is 24.3 Å². The van der Waals surface area contributed by atoms with E-state index < -0.39 is 5.97 Å². The molecular weight excluding hydrogens is 272 g/mol. The Morgan fingerprint density at radius 1 is 1.19 bits per heavy atom. The molecule has 6 nitrogen and oxygen atoms in total. The highest BCUT2D eigenvalue weighted by Gasteiger charge is 2.07. The van der Waals surface area contributed by atoms with E-state index in [9.17, 15) is 9.59 Å². The number of hydrogen-bond acceptors (Lipinski definition) is 3. The molecule has 0 saturated heterocycles. The molecule has 0 radical (unpaired) electrons. The Hall–Kier alpha value is -2.08. The van der Waals surface area contributed by atoms with Crippen LogP contribution >= 0.6 is 0 Å². The van der Waals surface area contributed by atoms with Crippen LogP contribution in [-0.4, -0.2) is 36.4 Å². The van der Waals surface area contributed by atoms with Crippen molar-refractivity contribution in [3.05, 3.63) is 35.4 Å². The third-order valence-electron chi connectivity index (χ3n) is 2.74. The highest BCUT2D eigenvalue weighted by Crippen LogP contribution is 2.09. The Balaban J connectivity index is 2.37. The van der Waals surface area contributed by atoms with E-state index in [2.05, 4.69) is 10.6 Å². The van der Waals surface area contributed by atoms with Crippen molar-refractivity contribution in [2.24, 2.45) is 0 Å². The van der Waals surface area contributed by atoms with Gasteiger partial charge < -0.3 is 20.5 Å². The van der Waals surface area contributed by atoms with Crippen LogP contribution in [0.2, 0.25) is 0 Å². The van der Waals surface area contributed by atoms with Crippen molar-refractivity contribution in [3.8, 4) is 0 Å². The fourth-order valence-electron chi connectivity index (χ4n) is 1.76. The van der Waals surface area contributed by atoms with Gasteiger partial charge in [-0.05, 0) is 25.0 Å². The summed E-state index contributed by atoms with van der Waals surface area (Å²) in [6.07, 6.45) is 0.0829. The molecule has 0 unspecified atom stereocenters. The number of carboxylic acids is 1. The third-order valence-corrected chi connectivity index (χ3v) is 2.74. The minimum absolute atomic E-state index is 0.0539. The van der Waals surface area contributed by atoms with Crippen LogP contribution in [-0.2, 0) is 22.5 Å². The van der Waals surface area contributed by atoms with Gasteiger partial charge >= 0.3 is 12.0 Å². The molecule has 6 heteroatoms. The van der Waals surface area contributed by atoms with Crippen LogP contribution in [0.15, 0.2) is 24.3 Å². The van der Waals surface area contributed by atoms with E-state index >= 15 is 0 Å². The van der Waals surface area contributed by atoms with Gasteiger partial charge in [-0.2, -0.15) is 0 Å². The van der Waals surface area contributed by atoms with Gasteiger partial charge in [0, 0.05) is 13.1 Å². The summed E-state index contributed by atoms with van der Waals surface area (Å²) in [4.78, 5) is 22.4. The van der Waals surface area contributed by atoms with Gasteiger partial charge in [0.1, 0.15) is 0 Å². The molecule has 0 aliphatic carbocycles. The Labute approximate surface area is 124 Å². The van der Waals surface area contributed by atoms with E-state index in [1.165, 1.54) is 0 Å². The summed E-state index contributed by atoms with van der Waals surface area (Å²) >= 11 is 0. The van der Waals surface area contributed by atoms with Gasteiger partial charge in [-0.25, -0.2) is 4.79 Å². The van der Waals surface area contributed by atoms with Crippen LogP contribution in [0.3, 0.4) is 0 Å². The van der Waals surface area contributed by atoms with Crippen LogP contribution in [0.5, 0.6) is 0 Å². The summed E-state index contributed by atoms with van der Waals surface area (Å²) in [5.41, 5.74) is 1.50. The van der Waals surface area contributed by atoms with Gasteiger partial charge in [0.15, 0.2) is 0 Å². The second kappa shape index (κ2) is 8.97. The minimum atomic E-state index is -0.891. The summed E-state index contributed by atoms with van der Waals surface area (Å²) in [5.74, 6) is -0.891. The summed E-state index contributed by atoms with van der Waals surface area (Å²) < 4.78 is 5.31. The number of nitrogens with one attached hydrogen (secondary N) is 2. The molecule has 0 fully saturated rings. The van der Waals surface area contributed by atoms with E-state index in [-0.39, 0.29) is 18.6 Å². The van der Waals surface area contributed by atoms with E-state index in [1.54, 1.807) is 18.2 Å². The first-order chi connectivity index (χ1) is 9.99. The van der Waals surface area contributed by atoms with Gasteiger partial charge in [0.2, 0.25) is 0 Å². The molecule has 3 N–H and O–H groups in total. The number of amides is 2. The number of benzene rings is 1. The Morgan fingerprint density at radius 3 is 2.48 bits per heavy atom. The average molecular weight is 294 g/mol. The maximum absolute atomic E-state index is 11.6. The lowest BCUT2D eigenvalue weighted by Gasteiger charge is -2.11. The van der Waals surface area contributed by atoms with E-state index in [0.717, 1.165) is 5.56 Å². The molecule has 0 aliphatic heterocycles. The van der Waals surface area contributed by atoms with Crippen LogP contribution in [0.4, 0.5) is 4.79 Å². The standard InChI is InChI=1S/C15H22N2O4/c1-11(2)21-8-7-16-15(20)17-10-13-6-4-3-5-12(13)9-14(18)19/h3-6,11H,7-10H2,1-2H3,(H,18,19)(H2,16,17,20). The Morgan fingerprint density at radius 2 is 1.86 bits per heavy atom. The Kier molecular flexibility index (Phi) is 7.25. The molecule has 21 heavy (non-hydrogen) atoms. The first-order valence-corrected chi connectivity index (χ1v) is 6.91. The molecule has 116 valence electrons. The molecule has 1 aromatic rings. The normalized spacial score (nSPS) is 10.4. The predicted molar refractivity (Wildman–Crippen MR) is 79.1 cm³/mol. The van der Waals surface area contributed by atoms with Gasteiger partial charge in [-0.3, -0.25) is 4.79 Å². The molecule has 0 spiro atoms. The number of carbonyl (C=O) groups is 2. The smallest absolute Gasteiger partial charge is 0.315 e. The van der Waals surface area contributed by atoms with Crippen molar-refractivity contribution in [2.45, 2.75) is 32.9 Å². The topological polar surface area (TPSA) is 87.7 Å². The minimum Gasteiger partial charge on any atom is -0.481 e. The molecule has 0 saturated carbocycles. The Bertz CT molecular complexity index is 474. The summed E-state index contributed by atoms with van der Waals surface area (Å²) in [7, 11) is 0. The van der Waals surface area contributed by atoms with E-state index in [4.69, 9.17) is 9.84 Å². The number of rotatable bonds is 8. The van der Waals surface area contributed by atoms with Crippen LogP contribution in [0, 0.1) is 0 Å². The van der Waals surface area contributed by atoms with Crippen LogP contribution < -0.4 is 10.6 Å². The monoisotopic (exact) mass is 294 g/mol. The number of carbonyl (C=O) groups excluding carboxylic acids is 1. The number of ether oxygens (including phenoxy) is 1. The second-order valence-corrected chi connectivity index (χ2v) is 4.87. The third kappa shape index (κ3) is 7.31. The van der Waals surface area contributed by atoms with Crippen molar-refractivity contribution in [1.82, 2.24) is 10.6 Å². The second-order valence-electron chi connectivity index (χ2n) is 4.87. The summed E-state index contributed by atoms with van der Waals surface area (Å²) in [5, 5.41) is 14.2. The van der Waals surface area contributed by atoms with Crippen molar-refractivity contribution >= 4 is 12.0 Å². The van der Waals surface area contributed by atoms with Crippen LogP contribution in [0.1, 0.15) is 25.0 Å². The average Bonchev–Trinajstić information content (AvgIpc) is 2.42. The van der Waals surface area contributed by atoms with Gasteiger partial charge in [0.05, 0.1) is 19.1 Å². The zero-order valence-corrected chi connectivity index (χ0v) is 12.4. The maximum Gasteiger partial charge on any atom is 0.315 e. The number of carboxylic acid groups (broad SMARTS) is 1. The fourth-order valence-corrected chi connectivity index (χ4v) is 1.76. The summed E-state index contributed by atoms with van der Waals surface area (Å²) in [6, 6.07) is 6.86. The molecule has 1 aromatic carbocycles. The predicted octanol–water partition coefficient (Wildman–Crippen LogP) is 1.54. The first-order valence-electron chi connectivity index (χ1n) is 6.91. The molecule has 0 aliphatic rings. The number of urea groups is 1. The van der Waals surface area contributed by atoms with Crippen molar-refractivity contribution in [1.29, 1.82) is 0 Å². The molecule has 1 rings (SSSR count). The molecule has 2 amide bonds. The van der Waals surface area contributed by atoms with Crippen molar-refractivity contribution in [2.75, 3.05) is 13.2 Å². The maximum atomic E-state index is 11.6. The van der Waals surface area contributed by atoms with Crippen molar-refractivity contribution in [3.63, 3.8) is 0 Å². The van der Waals surface area contributed by atoms with E-state index in [0.29, 0.717) is 25.3 Å². The zero-order valence-electron chi connectivity index (χ0n) is 12.4. The lowest BCUT2D eigenvalue weighted by molar-refractivity contribution is -0.136. The lowest BCUT2D eigenvalue weighted by atomic mass is 10.0. The molecule has 0 heterocycles. The fraction of sp³-hybridized carbons (Fsp3) is 0.467. The SMILES string of the molecule is CC(C)OCCNC(=O)NCc1ccccc1CC(=O)O. The largest absolute Gasteiger partial charge is 0.481 e. The number of hydrogen-bond donors (Lipinski definition) is 3. The highest BCUT2D eigenvalue weighted by atomic mass is 16.5. The molecule has 0 aromatic heterocycles. The lowest BCUT2D eigenvalue weighted by Crippen LogP contribution is -2.37. The van der Waals surface area contributed by atoms with Crippen LogP contribution in [0.25, 0.3) is 0 Å².